The highest BCUT2D eigenvalue weighted by Crippen LogP contribution is 2.23. The van der Waals surface area contributed by atoms with E-state index in [0.717, 1.165) is 0 Å². The molecule has 2 heterocycles. The second-order valence-electron chi connectivity index (χ2n) is 3.08. The Hall–Kier alpha value is -1.81. The van der Waals surface area contributed by atoms with Crippen molar-refractivity contribution in [3.63, 3.8) is 0 Å². The maximum absolute atomic E-state index is 9.91. The van der Waals surface area contributed by atoms with Crippen LogP contribution in [0.15, 0.2) is 41.3 Å². The summed E-state index contributed by atoms with van der Waals surface area (Å²) in [5.41, 5.74) is 0.643. The average molecular weight is 205 g/mol. The van der Waals surface area contributed by atoms with Gasteiger partial charge in [0.2, 0.25) is 0 Å². The van der Waals surface area contributed by atoms with E-state index in [1.807, 2.05) is 0 Å². The zero-order valence-electron chi connectivity index (χ0n) is 8.25. The summed E-state index contributed by atoms with van der Waals surface area (Å²) >= 11 is 0. The summed E-state index contributed by atoms with van der Waals surface area (Å²) in [5.74, 6) is 1.10. The number of furan rings is 1. The number of hydrogen-bond donors (Lipinski definition) is 1. The third kappa shape index (κ3) is 1.99. The number of aromatic nitrogens is 1. The second kappa shape index (κ2) is 4.14. The van der Waals surface area contributed by atoms with Crippen molar-refractivity contribution in [1.82, 2.24) is 4.98 Å². The number of aliphatic hydroxyl groups excluding tert-OH is 1. The van der Waals surface area contributed by atoms with Crippen molar-refractivity contribution in [3.8, 4) is 5.75 Å². The molecule has 4 nitrogen and oxygen atoms in total. The molecule has 78 valence electrons. The van der Waals surface area contributed by atoms with Crippen LogP contribution in [0.3, 0.4) is 0 Å². The Morgan fingerprint density at radius 2 is 2.33 bits per heavy atom. The number of aliphatic hydroxyl groups is 1. The average Bonchev–Trinajstić information content (AvgIpc) is 2.81. The first-order valence-corrected chi connectivity index (χ1v) is 4.51. The molecule has 1 unspecified atom stereocenters. The van der Waals surface area contributed by atoms with Crippen molar-refractivity contribution in [2.75, 3.05) is 7.11 Å². The third-order valence-electron chi connectivity index (χ3n) is 2.10. The van der Waals surface area contributed by atoms with Gasteiger partial charge in [-0.25, -0.2) is 0 Å². The minimum absolute atomic E-state index is 0.491. The fraction of sp³-hybridized carbons (Fsp3) is 0.182. The van der Waals surface area contributed by atoms with E-state index in [4.69, 9.17) is 9.15 Å². The summed E-state index contributed by atoms with van der Waals surface area (Å²) in [6.07, 6.45) is 3.88. The van der Waals surface area contributed by atoms with Crippen LogP contribution in [0.1, 0.15) is 17.4 Å². The maximum atomic E-state index is 9.91. The first-order valence-electron chi connectivity index (χ1n) is 4.51. The van der Waals surface area contributed by atoms with Gasteiger partial charge < -0.3 is 14.3 Å². The van der Waals surface area contributed by atoms with Crippen molar-refractivity contribution in [2.24, 2.45) is 0 Å². The van der Waals surface area contributed by atoms with Gasteiger partial charge in [-0.1, -0.05) is 0 Å². The highest BCUT2D eigenvalue weighted by atomic mass is 16.5. The largest absolute Gasteiger partial charge is 0.495 e. The molecule has 0 aliphatic heterocycles. The van der Waals surface area contributed by atoms with Gasteiger partial charge in [0.25, 0.3) is 0 Å². The molecular formula is C11H11NO3. The summed E-state index contributed by atoms with van der Waals surface area (Å²) in [7, 11) is 1.56. The van der Waals surface area contributed by atoms with Gasteiger partial charge >= 0.3 is 0 Å². The van der Waals surface area contributed by atoms with E-state index in [-0.39, 0.29) is 0 Å². The first-order chi connectivity index (χ1) is 7.31. The van der Waals surface area contributed by atoms with Gasteiger partial charge in [0.05, 0.1) is 19.6 Å². The molecule has 4 heteroatoms. The van der Waals surface area contributed by atoms with Gasteiger partial charge in [0.1, 0.15) is 17.6 Å². The predicted molar refractivity (Wildman–Crippen MR) is 53.6 cm³/mol. The number of methoxy groups -OCH3 is 1. The van der Waals surface area contributed by atoms with Crippen molar-refractivity contribution in [1.29, 1.82) is 0 Å². The molecule has 1 atom stereocenters. The molecule has 2 aromatic rings. The lowest BCUT2D eigenvalue weighted by Gasteiger charge is -2.08. The van der Waals surface area contributed by atoms with Crippen LogP contribution in [0.5, 0.6) is 5.75 Å². The highest BCUT2D eigenvalue weighted by Gasteiger charge is 2.13. The van der Waals surface area contributed by atoms with Gasteiger partial charge in [-0.15, -0.1) is 0 Å². The fourth-order valence-corrected chi connectivity index (χ4v) is 1.31. The number of pyridine rings is 1. The van der Waals surface area contributed by atoms with Crippen LogP contribution in [-0.4, -0.2) is 17.2 Å². The van der Waals surface area contributed by atoms with E-state index in [9.17, 15) is 5.11 Å². The molecule has 15 heavy (non-hydrogen) atoms. The summed E-state index contributed by atoms with van der Waals surface area (Å²) in [5, 5.41) is 9.91. The van der Waals surface area contributed by atoms with Crippen molar-refractivity contribution < 1.29 is 14.3 Å². The molecular weight excluding hydrogens is 194 g/mol. The van der Waals surface area contributed by atoms with Crippen LogP contribution >= 0.6 is 0 Å². The van der Waals surface area contributed by atoms with Crippen molar-refractivity contribution >= 4 is 0 Å². The smallest absolute Gasteiger partial charge is 0.138 e. The minimum Gasteiger partial charge on any atom is -0.495 e. The molecule has 0 aliphatic carbocycles. The molecule has 0 amide bonds. The van der Waals surface area contributed by atoms with Gasteiger partial charge in [-0.3, -0.25) is 4.98 Å². The van der Waals surface area contributed by atoms with Crippen molar-refractivity contribution in [3.05, 3.63) is 48.2 Å². The summed E-state index contributed by atoms with van der Waals surface area (Å²) < 4.78 is 10.1. The lowest BCUT2D eigenvalue weighted by atomic mass is 10.1. The topological polar surface area (TPSA) is 55.5 Å². The predicted octanol–water partition coefficient (Wildman–Crippen LogP) is 1.76. The second-order valence-corrected chi connectivity index (χ2v) is 3.08. The Labute approximate surface area is 87.1 Å². The van der Waals surface area contributed by atoms with E-state index in [2.05, 4.69) is 4.98 Å². The standard InChI is InChI=1S/C11H11NO3/c1-14-9-5-8(6-12-7-9)11(13)10-3-2-4-15-10/h2-7,11,13H,1H3. The van der Waals surface area contributed by atoms with Gasteiger partial charge in [0.15, 0.2) is 0 Å². The monoisotopic (exact) mass is 205 g/mol. The zero-order chi connectivity index (χ0) is 10.7. The Morgan fingerprint density at radius 3 is 3.00 bits per heavy atom. The molecule has 0 spiro atoms. The van der Waals surface area contributed by atoms with Crippen molar-refractivity contribution in [2.45, 2.75) is 6.10 Å². The Kier molecular flexibility index (Phi) is 2.69. The molecule has 0 bridgehead atoms. The van der Waals surface area contributed by atoms with Gasteiger partial charge in [-0.2, -0.15) is 0 Å². The Morgan fingerprint density at radius 1 is 1.47 bits per heavy atom. The minimum atomic E-state index is -0.803. The maximum Gasteiger partial charge on any atom is 0.138 e. The number of rotatable bonds is 3. The van der Waals surface area contributed by atoms with E-state index >= 15 is 0 Å². The molecule has 2 rings (SSSR count). The lowest BCUT2D eigenvalue weighted by molar-refractivity contribution is 0.188. The third-order valence-corrected chi connectivity index (χ3v) is 2.10. The van der Waals surface area contributed by atoms with Crippen LogP contribution in [0, 0.1) is 0 Å². The molecule has 0 saturated carbocycles. The van der Waals surface area contributed by atoms with E-state index in [1.54, 1.807) is 37.7 Å². The molecule has 0 fully saturated rings. The summed E-state index contributed by atoms with van der Waals surface area (Å²) in [4.78, 5) is 3.96. The SMILES string of the molecule is COc1cncc(C(O)c2ccco2)c1. The normalized spacial score (nSPS) is 12.4. The lowest BCUT2D eigenvalue weighted by Crippen LogP contribution is -1.99. The molecule has 0 aliphatic rings. The number of ether oxygens (including phenoxy) is 1. The molecule has 0 radical (unpaired) electrons. The van der Waals surface area contributed by atoms with Crippen LogP contribution in [0.2, 0.25) is 0 Å². The van der Waals surface area contributed by atoms with Crippen LogP contribution in [0.25, 0.3) is 0 Å². The molecule has 2 aromatic heterocycles. The fourth-order valence-electron chi connectivity index (χ4n) is 1.31. The summed E-state index contributed by atoms with van der Waals surface area (Å²) in [6.45, 7) is 0. The number of hydrogen-bond acceptors (Lipinski definition) is 4. The molecule has 0 saturated heterocycles. The van der Waals surface area contributed by atoms with Gasteiger partial charge in [-0.05, 0) is 18.2 Å². The van der Waals surface area contributed by atoms with E-state index in [1.165, 1.54) is 6.26 Å². The van der Waals surface area contributed by atoms with E-state index in [0.29, 0.717) is 17.1 Å². The van der Waals surface area contributed by atoms with Gasteiger partial charge in [0, 0.05) is 11.8 Å². The Bertz CT molecular complexity index is 425. The zero-order valence-corrected chi connectivity index (χ0v) is 8.25. The van der Waals surface area contributed by atoms with Crippen LogP contribution in [-0.2, 0) is 0 Å². The molecule has 1 N–H and O–H groups in total. The first kappa shape index (κ1) is 9.73. The quantitative estimate of drug-likeness (QED) is 0.829. The highest BCUT2D eigenvalue weighted by molar-refractivity contribution is 5.28. The van der Waals surface area contributed by atoms with E-state index < -0.39 is 6.10 Å². The summed E-state index contributed by atoms with van der Waals surface area (Å²) in [6, 6.07) is 5.16. The van der Waals surface area contributed by atoms with Crippen LogP contribution < -0.4 is 4.74 Å². The Balaban J connectivity index is 2.29. The molecule has 0 aromatic carbocycles. The number of nitrogens with zero attached hydrogens (tertiary/aromatic N) is 1. The van der Waals surface area contributed by atoms with Crippen LogP contribution in [0.4, 0.5) is 0 Å².